The van der Waals surface area contributed by atoms with Crippen LogP contribution in [0, 0.1) is 0 Å². The van der Waals surface area contributed by atoms with Gasteiger partial charge in [-0.1, -0.05) is 44.2 Å². The largest absolute Gasteiger partial charge is 0.378 e. The molecule has 2 aliphatic heterocycles. The van der Waals surface area contributed by atoms with Crippen molar-refractivity contribution in [3.63, 3.8) is 0 Å². The minimum Gasteiger partial charge on any atom is -0.378 e. The first-order chi connectivity index (χ1) is 11.9. The van der Waals surface area contributed by atoms with Gasteiger partial charge < -0.3 is 14.4 Å². The summed E-state index contributed by atoms with van der Waals surface area (Å²) >= 11 is 0. The van der Waals surface area contributed by atoms with Gasteiger partial charge >= 0.3 is 0 Å². The summed E-state index contributed by atoms with van der Waals surface area (Å²) in [5.74, 6) is 0.240. The Hall–Kier alpha value is -1.39. The van der Waals surface area contributed by atoms with Crippen LogP contribution >= 0.6 is 0 Å². The molecule has 4 nitrogen and oxygen atoms in total. The van der Waals surface area contributed by atoms with Gasteiger partial charge in [-0.3, -0.25) is 4.79 Å². The third-order valence-electron chi connectivity index (χ3n) is 5.57. The molecule has 0 saturated carbocycles. The minimum absolute atomic E-state index is 0.000456. The van der Waals surface area contributed by atoms with E-state index in [-0.39, 0.29) is 23.0 Å². The predicted octanol–water partition coefficient (Wildman–Crippen LogP) is 3.54. The number of benzene rings is 1. The molecule has 2 saturated heterocycles. The predicted molar refractivity (Wildman–Crippen MR) is 98.6 cm³/mol. The lowest BCUT2D eigenvalue weighted by molar-refractivity contribution is -0.199. The molecule has 4 heteroatoms. The van der Waals surface area contributed by atoms with Crippen LogP contribution < -0.4 is 0 Å². The fraction of sp³-hybridized carbons (Fsp3) is 0.667. The Morgan fingerprint density at radius 3 is 2.76 bits per heavy atom. The third-order valence-corrected chi connectivity index (χ3v) is 5.57. The van der Waals surface area contributed by atoms with Gasteiger partial charge in [0.15, 0.2) is 0 Å². The molecular weight excluding hydrogens is 314 g/mol. The summed E-state index contributed by atoms with van der Waals surface area (Å²) < 4.78 is 11.8. The first-order valence-corrected chi connectivity index (χ1v) is 9.49. The van der Waals surface area contributed by atoms with E-state index in [0.29, 0.717) is 26.1 Å². The van der Waals surface area contributed by atoms with Gasteiger partial charge in [0.25, 0.3) is 0 Å². The molecule has 2 atom stereocenters. The van der Waals surface area contributed by atoms with Gasteiger partial charge in [-0.2, -0.15) is 0 Å². The summed E-state index contributed by atoms with van der Waals surface area (Å²) in [4.78, 5) is 14.9. The molecule has 0 aromatic heterocycles. The normalized spacial score (nSPS) is 27.5. The highest BCUT2D eigenvalue weighted by atomic mass is 16.6. The Bertz CT molecular complexity index is 578. The highest BCUT2D eigenvalue weighted by Crippen LogP contribution is 2.32. The van der Waals surface area contributed by atoms with Crippen molar-refractivity contribution in [1.29, 1.82) is 0 Å². The van der Waals surface area contributed by atoms with Crippen LogP contribution in [0.1, 0.15) is 52.0 Å². The van der Waals surface area contributed by atoms with Gasteiger partial charge in [0.1, 0.15) is 5.60 Å². The quantitative estimate of drug-likeness (QED) is 0.838. The molecule has 0 radical (unpaired) electrons. The van der Waals surface area contributed by atoms with Crippen molar-refractivity contribution in [2.75, 3.05) is 26.3 Å². The van der Waals surface area contributed by atoms with Gasteiger partial charge in [0.05, 0.1) is 19.3 Å². The number of carbonyl (C=O) groups is 1. The van der Waals surface area contributed by atoms with E-state index in [0.717, 1.165) is 25.9 Å². The van der Waals surface area contributed by atoms with Crippen LogP contribution in [0.25, 0.3) is 0 Å². The second-order valence-electron chi connectivity index (χ2n) is 8.29. The van der Waals surface area contributed by atoms with E-state index in [1.807, 2.05) is 11.0 Å². The molecule has 0 N–H and O–H groups in total. The average molecular weight is 345 g/mol. The molecule has 0 bridgehead atoms. The Labute approximate surface area is 151 Å². The van der Waals surface area contributed by atoms with E-state index < -0.39 is 0 Å². The first-order valence-electron chi connectivity index (χ1n) is 9.49. The number of hydrogen-bond donors (Lipinski definition) is 0. The van der Waals surface area contributed by atoms with Crippen molar-refractivity contribution >= 4 is 5.91 Å². The van der Waals surface area contributed by atoms with Crippen LogP contribution in [0.4, 0.5) is 0 Å². The Kier molecular flexibility index (Phi) is 5.49. The van der Waals surface area contributed by atoms with Crippen molar-refractivity contribution < 1.29 is 14.3 Å². The Morgan fingerprint density at radius 1 is 1.32 bits per heavy atom. The molecule has 1 aromatic rings. The van der Waals surface area contributed by atoms with Crippen LogP contribution in [0.5, 0.6) is 0 Å². The number of ether oxygens (including phenoxy) is 2. The number of hydrogen-bond acceptors (Lipinski definition) is 3. The molecule has 2 fully saturated rings. The smallest absolute Gasteiger partial charge is 0.222 e. The zero-order chi connectivity index (χ0) is 17.9. The number of nitrogens with zero attached hydrogens (tertiary/aromatic N) is 1. The van der Waals surface area contributed by atoms with Crippen molar-refractivity contribution in [3.8, 4) is 0 Å². The Balaban J connectivity index is 1.60. The molecule has 3 rings (SSSR count). The maximum atomic E-state index is 12.9. The highest BCUT2D eigenvalue weighted by molar-refractivity contribution is 5.76. The maximum absolute atomic E-state index is 12.9. The van der Waals surface area contributed by atoms with Gasteiger partial charge in [0.2, 0.25) is 5.91 Å². The molecule has 0 aliphatic carbocycles. The second-order valence-corrected chi connectivity index (χ2v) is 8.29. The van der Waals surface area contributed by atoms with Gasteiger partial charge in [-0.25, -0.2) is 0 Å². The van der Waals surface area contributed by atoms with Crippen LogP contribution in [-0.2, 0) is 19.7 Å². The van der Waals surface area contributed by atoms with E-state index in [1.165, 1.54) is 5.56 Å². The molecule has 138 valence electrons. The molecule has 1 aromatic carbocycles. The SMILES string of the molecule is C[C@@H]1CN(C(=O)CCC(C)(C)c2ccccc2)C[C@]2(CCCOC2)O1. The molecule has 2 aliphatic rings. The van der Waals surface area contributed by atoms with Crippen molar-refractivity contribution in [2.45, 2.75) is 63.6 Å². The van der Waals surface area contributed by atoms with Crippen LogP contribution in [0.3, 0.4) is 0 Å². The van der Waals surface area contributed by atoms with Crippen LogP contribution in [-0.4, -0.2) is 48.8 Å². The molecule has 25 heavy (non-hydrogen) atoms. The molecule has 1 spiro atoms. The van der Waals surface area contributed by atoms with Crippen molar-refractivity contribution in [3.05, 3.63) is 35.9 Å². The zero-order valence-electron chi connectivity index (χ0n) is 15.8. The first kappa shape index (κ1) is 18.4. The molecule has 2 heterocycles. The second kappa shape index (κ2) is 7.46. The number of morpholine rings is 1. The van der Waals surface area contributed by atoms with E-state index in [9.17, 15) is 4.79 Å². The van der Waals surface area contributed by atoms with E-state index >= 15 is 0 Å². The summed E-state index contributed by atoms with van der Waals surface area (Å²) in [5, 5.41) is 0. The summed E-state index contributed by atoms with van der Waals surface area (Å²) in [6, 6.07) is 10.5. The Morgan fingerprint density at radius 2 is 2.08 bits per heavy atom. The lowest BCUT2D eigenvalue weighted by Gasteiger charge is -2.47. The lowest BCUT2D eigenvalue weighted by Crippen LogP contribution is -2.59. The summed E-state index contributed by atoms with van der Waals surface area (Å²) in [6.07, 6.45) is 3.49. The van der Waals surface area contributed by atoms with Crippen molar-refractivity contribution in [2.24, 2.45) is 0 Å². The molecular formula is C21H31NO3. The highest BCUT2D eigenvalue weighted by Gasteiger charge is 2.42. The standard InChI is InChI=1S/C21H31NO3/c1-17-14-22(15-21(25-17)11-7-13-24-16-21)19(23)10-12-20(2,3)18-8-5-4-6-9-18/h4-6,8-9,17H,7,10-16H2,1-3H3/t17-,21+/m1/s1. The zero-order valence-corrected chi connectivity index (χ0v) is 15.8. The summed E-state index contributed by atoms with van der Waals surface area (Å²) in [7, 11) is 0. The monoisotopic (exact) mass is 345 g/mol. The summed E-state index contributed by atoms with van der Waals surface area (Å²) in [5.41, 5.74) is 0.997. The van der Waals surface area contributed by atoms with Crippen LogP contribution in [0.15, 0.2) is 30.3 Å². The topological polar surface area (TPSA) is 38.8 Å². The maximum Gasteiger partial charge on any atom is 0.222 e. The minimum atomic E-state index is -0.291. The summed E-state index contributed by atoms with van der Waals surface area (Å²) in [6.45, 7) is 9.26. The molecule has 1 amide bonds. The molecule has 0 unspecified atom stereocenters. The number of rotatable bonds is 4. The van der Waals surface area contributed by atoms with E-state index in [4.69, 9.17) is 9.47 Å². The number of amides is 1. The third kappa shape index (κ3) is 4.42. The van der Waals surface area contributed by atoms with E-state index in [1.54, 1.807) is 0 Å². The fourth-order valence-corrected chi connectivity index (χ4v) is 4.07. The van der Waals surface area contributed by atoms with Crippen LogP contribution in [0.2, 0.25) is 0 Å². The van der Waals surface area contributed by atoms with Gasteiger partial charge in [-0.15, -0.1) is 0 Å². The average Bonchev–Trinajstić information content (AvgIpc) is 2.60. The fourth-order valence-electron chi connectivity index (χ4n) is 4.07. The van der Waals surface area contributed by atoms with Crippen molar-refractivity contribution in [1.82, 2.24) is 4.90 Å². The van der Waals surface area contributed by atoms with Gasteiger partial charge in [0, 0.05) is 19.6 Å². The lowest BCUT2D eigenvalue weighted by atomic mass is 9.80. The van der Waals surface area contributed by atoms with E-state index in [2.05, 4.69) is 45.0 Å². The van der Waals surface area contributed by atoms with Gasteiger partial charge in [-0.05, 0) is 37.2 Å². The number of carbonyl (C=O) groups excluding carboxylic acids is 1.